The number of hydrogen-bond donors (Lipinski definition) is 1. The van der Waals surface area contributed by atoms with Gasteiger partial charge in [-0.15, -0.1) is 0 Å². The zero-order valence-electron chi connectivity index (χ0n) is 10.0. The van der Waals surface area contributed by atoms with Crippen LogP contribution in [0.5, 0.6) is 0 Å². The predicted molar refractivity (Wildman–Crippen MR) is 65.1 cm³/mol. The molecule has 0 amide bonds. The molecular formula is C14H21N. The van der Waals surface area contributed by atoms with Gasteiger partial charge >= 0.3 is 0 Å². The molecule has 0 aromatic heterocycles. The molecule has 0 bridgehead atoms. The first-order valence-electron chi connectivity index (χ1n) is 5.81. The standard InChI is InChI=1S/C14H21N/c1-10-4-5-13-11(6-10)7-14(2,3)8-12(13)9-15/h4-6,12H,7-9,15H2,1-3H3. The summed E-state index contributed by atoms with van der Waals surface area (Å²) in [5, 5.41) is 0. The molecule has 0 aliphatic heterocycles. The van der Waals surface area contributed by atoms with Crippen molar-refractivity contribution >= 4 is 0 Å². The van der Waals surface area contributed by atoms with Gasteiger partial charge in [0, 0.05) is 0 Å². The van der Waals surface area contributed by atoms with Crippen molar-refractivity contribution in [2.45, 2.75) is 39.5 Å². The molecule has 1 atom stereocenters. The SMILES string of the molecule is Cc1ccc2c(c1)CC(C)(C)CC2CN. The van der Waals surface area contributed by atoms with Gasteiger partial charge in [-0.25, -0.2) is 0 Å². The highest BCUT2D eigenvalue weighted by atomic mass is 14.6. The lowest BCUT2D eigenvalue weighted by Crippen LogP contribution is -2.29. The van der Waals surface area contributed by atoms with Crippen LogP contribution in [0.25, 0.3) is 0 Å². The van der Waals surface area contributed by atoms with Crippen LogP contribution in [0, 0.1) is 12.3 Å². The van der Waals surface area contributed by atoms with Crippen LogP contribution in [0.1, 0.15) is 42.9 Å². The Morgan fingerprint density at radius 2 is 2.13 bits per heavy atom. The van der Waals surface area contributed by atoms with Gasteiger partial charge in [-0.2, -0.15) is 0 Å². The van der Waals surface area contributed by atoms with E-state index in [-0.39, 0.29) is 0 Å². The molecule has 0 heterocycles. The summed E-state index contributed by atoms with van der Waals surface area (Å²) < 4.78 is 0. The summed E-state index contributed by atoms with van der Waals surface area (Å²) in [6.07, 6.45) is 2.42. The van der Waals surface area contributed by atoms with Crippen molar-refractivity contribution in [3.05, 3.63) is 34.9 Å². The van der Waals surface area contributed by atoms with E-state index in [0.29, 0.717) is 11.3 Å². The average molecular weight is 203 g/mol. The first-order chi connectivity index (χ1) is 7.02. The van der Waals surface area contributed by atoms with Gasteiger partial charge < -0.3 is 5.73 Å². The van der Waals surface area contributed by atoms with E-state index in [2.05, 4.69) is 39.0 Å². The van der Waals surface area contributed by atoms with E-state index in [1.165, 1.54) is 29.5 Å². The summed E-state index contributed by atoms with van der Waals surface area (Å²) in [5.41, 5.74) is 10.7. The fourth-order valence-corrected chi connectivity index (χ4v) is 2.86. The number of aryl methyl sites for hydroxylation is 1. The third-order valence-electron chi connectivity index (χ3n) is 3.49. The summed E-state index contributed by atoms with van der Waals surface area (Å²) in [6.45, 7) is 7.64. The topological polar surface area (TPSA) is 26.0 Å². The zero-order valence-corrected chi connectivity index (χ0v) is 10.0. The van der Waals surface area contributed by atoms with E-state index >= 15 is 0 Å². The number of fused-ring (bicyclic) bond motifs is 1. The maximum absolute atomic E-state index is 5.88. The van der Waals surface area contributed by atoms with Crippen LogP contribution >= 0.6 is 0 Å². The lowest BCUT2D eigenvalue weighted by molar-refractivity contribution is 0.282. The second-order valence-electron chi connectivity index (χ2n) is 5.68. The third kappa shape index (κ3) is 2.07. The minimum Gasteiger partial charge on any atom is -0.330 e. The summed E-state index contributed by atoms with van der Waals surface area (Å²) in [6, 6.07) is 6.82. The molecule has 0 saturated heterocycles. The van der Waals surface area contributed by atoms with Gasteiger partial charge in [-0.05, 0) is 48.8 Å². The largest absolute Gasteiger partial charge is 0.330 e. The molecule has 2 N–H and O–H groups in total. The molecule has 15 heavy (non-hydrogen) atoms. The molecule has 1 heteroatoms. The number of rotatable bonds is 1. The van der Waals surface area contributed by atoms with Gasteiger partial charge in [-0.3, -0.25) is 0 Å². The molecule has 1 unspecified atom stereocenters. The molecule has 82 valence electrons. The molecule has 0 spiro atoms. The predicted octanol–water partition coefficient (Wildman–Crippen LogP) is 3.01. The van der Waals surface area contributed by atoms with E-state index in [1.54, 1.807) is 0 Å². The van der Waals surface area contributed by atoms with Crippen molar-refractivity contribution in [1.29, 1.82) is 0 Å². The fraction of sp³-hybridized carbons (Fsp3) is 0.571. The molecular weight excluding hydrogens is 182 g/mol. The number of benzene rings is 1. The Labute approximate surface area is 92.7 Å². The van der Waals surface area contributed by atoms with Gasteiger partial charge in [0.1, 0.15) is 0 Å². The van der Waals surface area contributed by atoms with Crippen molar-refractivity contribution in [2.24, 2.45) is 11.1 Å². The minimum atomic E-state index is 0.408. The van der Waals surface area contributed by atoms with Gasteiger partial charge in [0.2, 0.25) is 0 Å². The quantitative estimate of drug-likeness (QED) is 0.746. The number of hydrogen-bond acceptors (Lipinski definition) is 1. The van der Waals surface area contributed by atoms with Crippen LogP contribution in [-0.2, 0) is 6.42 Å². The Bertz CT molecular complexity index is 366. The second-order valence-corrected chi connectivity index (χ2v) is 5.68. The van der Waals surface area contributed by atoms with Crippen LogP contribution in [0.15, 0.2) is 18.2 Å². The van der Waals surface area contributed by atoms with Crippen molar-refractivity contribution in [3.8, 4) is 0 Å². The van der Waals surface area contributed by atoms with E-state index in [9.17, 15) is 0 Å². The highest BCUT2D eigenvalue weighted by Crippen LogP contribution is 2.41. The molecule has 0 saturated carbocycles. The minimum absolute atomic E-state index is 0.408. The molecule has 1 aromatic rings. The summed E-state index contributed by atoms with van der Waals surface area (Å²) in [7, 11) is 0. The van der Waals surface area contributed by atoms with Crippen LogP contribution in [0.3, 0.4) is 0 Å². The second kappa shape index (κ2) is 3.64. The Morgan fingerprint density at radius 3 is 2.80 bits per heavy atom. The maximum atomic E-state index is 5.88. The Hall–Kier alpha value is -0.820. The first-order valence-corrected chi connectivity index (χ1v) is 5.81. The summed E-state index contributed by atoms with van der Waals surface area (Å²) in [5.74, 6) is 0.560. The molecule has 0 radical (unpaired) electrons. The average Bonchev–Trinajstić information content (AvgIpc) is 2.14. The summed E-state index contributed by atoms with van der Waals surface area (Å²) in [4.78, 5) is 0. The van der Waals surface area contributed by atoms with E-state index in [1.807, 2.05) is 0 Å². The van der Waals surface area contributed by atoms with Crippen molar-refractivity contribution in [2.75, 3.05) is 6.54 Å². The molecule has 1 nitrogen and oxygen atoms in total. The first kappa shape index (κ1) is 10.7. The van der Waals surface area contributed by atoms with Gasteiger partial charge in [0.05, 0.1) is 0 Å². The third-order valence-corrected chi connectivity index (χ3v) is 3.49. The zero-order chi connectivity index (χ0) is 11.1. The van der Waals surface area contributed by atoms with Crippen LogP contribution < -0.4 is 5.73 Å². The molecule has 1 aliphatic carbocycles. The molecule has 2 rings (SSSR count). The van der Waals surface area contributed by atoms with E-state index in [0.717, 1.165) is 6.54 Å². The van der Waals surface area contributed by atoms with Gasteiger partial charge in [-0.1, -0.05) is 37.6 Å². The van der Waals surface area contributed by atoms with E-state index < -0.39 is 0 Å². The van der Waals surface area contributed by atoms with Crippen molar-refractivity contribution < 1.29 is 0 Å². The summed E-state index contributed by atoms with van der Waals surface area (Å²) >= 11 is 0. The number of nitrogens with two attached hydrogens (primary N) is 1. The smallest absolute Gasteiger partial charge is 0.000793 e. The van der Waals surface area contributed by atoms with Crippen LogP contribution in [-0.4, -0.2) is 6.54 Å². The highest BCUT2D eigenvalue weighted by Gasteiger charge is 2.31. The normalized spacial score (nSPS) is 23.6. The lowest BCUT2D eigenvalue weighted by Gasteiger charge is -2.36. The maximum Gasteiger partial charge on any atom is -0.000793 e. The fourth-order valence-electron chi connectivity index (χ4n) is 2.86. The molecule has 0 fully saturated rings. The monoisotopic (exact) mass is 203 g/mol. The van der Waals surface area contributed by atoms with Crippen LogP contribution in [0.2, 0.25) is 0 Å². The van der Waals surface area contributed by atoms with Crippen LogP contribution in [0.4, 0.5) is 0 Å². The Kier molecular flexibility index (Phi) is 2.59. The molecule has 1 aromatic carbocycles. The van der Waals surface area contributed by atoms with Gasteiger partial charge in [0.25, 0.3) is 0 Å². The van der Waals surface area contributed by atoms with Gasteiger partial charge in [0.15, 0.2) is 0 Å². The van der Waals surface area contributed by atoms with Crippen molar-refractivity contribution in [3.63, 3.8) is 0 Å². The highest BCUT2D eigenvalue weighted by molar-refractivity contribution is 5.37. The Morgan fingerprint density at radius 1 is 1.40 bits per heavy atom. The van der Waals surface area contributed by atoms with Crippen molar-refractivity contribution in [1.82, 2.24) is 0 Å². The van der Waals surface area contributed by atoms with E-state index in [4.69, 9.17) is 5.73 Å². The lowest BCUT2D eigenvalue weighted by atomic mass is 9.69. The molecule has 1 aliphatic rings. The Balaban J connectivity index is 2.44.